The Balaban J connectivity index is 1.36. The van der Waals surface area contributed by atoms with Crippen molar-refractivity contribution in [2.24, 2.45) is 5.92 Å². The SMILES string of the molecule is CC(=O)N1CCN(C(=O)COC(=O)C2CCN(C(=O)Nc3ccccc3)CC2)CC1. The monoisotopic (exact) mass is 416 g/mol. The predicted octanol–water partition coefficient (Wildman–Crippen LogP) is 1.16. The van der Waals surface area contributed by atoms with Gasteiger partial charge in [0.05, 0.1) is 5.92 Å². The maximum Gasteiger partial charge on any atom is 0.321 e. The molecule has 0 spiro atoms. The molecule has 0 bridgehead atoms. The fourth-order valence-corrected chi connectivity index (χ4v) is 3.66. The first-order valence-electron chi connectivity index (χ1n) is 10.2. The average Bonchev–Trinajstić information content (AvgIpc) is 2.78. The number of likely N-dealkylation sites (tertiary alicyclic amines) is 1. The van der Waals surface area contributed by atoms with Gasteiger partial charge in [0.1, 0.15) is 0 Å². The van der Waals surface area contributed by atoms with Crippen LogP contribution in [0.3, 0.4) is 0 Å². The normalized spacial score (nSPS) is 17.4. The van der Waals surface area contributed by atoms with Gasteiger partial charge < -0.3 is 24.8 Å². The minimum absolute atomic E-state index is 0.00248. The third-order valence-corrected chi connectivity index (χ3v) is 5.56. The Kier molecular flexibility index (Phi) is 7.26. The van der Waals surface area contributed by atoms with Gasteiger partial charge in [0, 0.05) is 51.9 Å². The van der Waals surface area contributed by atoms with Gasteiger partial charge in [-0.1, -0.05) is 18.2 Å². The Labute approximate surface area is 175 Å². The summed E-state index contributed by atoms with van der Waals surface area (Å²) in [7, 11) is 0. The number of amides is 4. The summed E-state index contributed by atoms with van der Waals surface area (Å²) < 4.78 is 5.23. The smallest absolute Gasteiger partial charge is 0.321 e. The molecule has 0 atom stereocenters. The van der Waals surface area contributed by atoms with Gasteiger partial charge in [0.15, 0.2) is 6.61 Å². The average molecular weight is 416 g/mol. The van der Waals surface area contributed by atoms with E-state index in [-0.39, 0.29) is 30.4 Å². The van der Waals surface area contributed by atoms with Crippen LogP contribution in [0, 0.1) is 5.92 Å². The van der Waals surface area contributed by atoms with Crippen molar-refractivity contribution < 1.29 is 23.9 Å². The van der Waals surface area contributed by atoms with E-state index >= 15 is 0 Å². The van der Waals surface area contributed by atoms with E-state index in [4.69, 9.17) is 4.74 Å². The van der Waals surface area contributed by atoms with Crippen LogP contribution < -0.4 is 5.32 Å². The molecule has 4 amide bonds. The molecule has 0 unspecified atom stereocenters. The van der Waals surface area contributed by atoms with E-state index in [1.165, 1.54) is 6.92 Å². The number of piperazine rings is 1. The highest BCUT2D eigenvalue weighted by atomic mass is 16.5. The van der Waals surface area contributed by atoms with E-state index in [2.05, 4.69) is 5.32 Å². The molecule has 1 N–H and O–H groups in total. The molecule has 3 rings (SSSR count). The van der Waals surface area contributed by atoms with Gasteiger partial charge in [-0.2, -0.15) is 0 Å². The summed E-state index contributed by atoms with van der Waals surface area (Å²) in [4.78, 5) is 53.2. The van der Waals surface area contributed by atoms with Crippen LogP contribution >= 0.6 is 0 Å². The summed E-state index contributed by atoms with van der Waals surface area (Å²) in [6.07, 6.45) is 1.01. The standard InChI is InChI=1S/C21H28N4O5/c1-16(26)23-11-13-24(14-12-23)19(27)15-30-20(28)17-7-9-25(10-8-17)21(29)22-18-5-3-2-4-6-18/h2-6,17H,7-15H2,1H3,(H,22,29). The van der Waals surface area contributed by atoms with Gasteiger partial charge in [-0.15, -0.1) is 0 Å². The number of esters is 1. The highest BCUT2D eigenvalue weighted by molar-refractivity contribution is 5.89. The third-order valence-electron chi connectivity index (χ3n) is 5.56. The number of nitrogens with one attached hydrogen (secondary N) is 1. The summed E-state index contributed by atoms with van der Waals surface area (Å²) in [5, 5.41) is 2.84. The molecule has 2 aliphatic rings. The summed E-state index contributed by atoms with van der Waals surface area (Å²) in [5.74, 6) is -0.953. The molecule has 0 aromatic heterocycles. The van der Waals surface area contributed by atoms with Crippen LogP contribution in [-0.2, 0) is 19.1 Å². The van der Waals surface area contributed by atoms with Crippen molar-refractivity contribution in [3.05, 3.63) is 30.3 Å². The summed E-state index contributed by atoms with van der Waals surface area (Å²) in [6, 6.07) is 9.03. The van der Waals surface area contributed by atoms with Gasteiger partial charge in [0.25, 0.3) is 5.91 Å². The van der Waals surface area contributed by atoms with Crippen LogP contribution in [0.5, 0.6) is 0 Å². The van der Waals surface area contributed by atoms with Crippen molar-refractivity contribution in [3.63, 3.8) is 0 Å². The molecule has 2 heterocycles. The summed E-state index contributed by atoms with van der Waals surface area (Å²) >= 11 is 0. The molecule has 30 heavy (non-hydrogen) atoms. The Morgan fingerprint density at radius 2 is 1.50 bits per heavy atom. The Morgan fingerprint density at radius 3 is 2.10 bits per heavy atom. The molecular weight excluding hydrogens is 388 g/mol. The topological polar surface area (TPSA) is 99.3 Å². The summed E-state index contributed by atoms with van der Waals surface area (Å²) in [6.45, 7) is 4.04. The van der Waals surface area contributed by atoms with E-state index in [1.807, 2.05) is 30.3 Å². The van der Waals surface area contributed by atoms with E-state index in [0.717, 1.165) is 5.69 Å². The number of hydrogen-bond donors (Lipinski definition) is 1. The highest BCUT2D eigenvalue weighted by Gasteiger charge is 2.29. The van der Waals surface area contributed by atoms with E-state index in [9.17, 15) is 19.2 Å². The molecule has 1 aromatic carbocycles. The van der Waals surface area contributed by atoms with Crippen molar-refractivity contribution in [2.45, 2.75) is 19.8 Å². The molecular formula is C21H28N4O5. The van der Waals surface area contributed by atoms with E-state index in [1.54, 1.807) is 14.7 Å². The fraction of sp³-hybridized carbons (Fsp3) is 0.524. The molecule has 0 aliphatic carbocycles. The number of anilines is 1. The van der Waals surface area contributed by atoms with Crippen molar-refractivity contribution >= 4 is 29.5 Å². The van der Waals surface area contributed by atoms with Crippen molar-refractivity contribution in [1.82, 2.24) is 14.7 Å². The number of carbonyl (C=O) groups excluding carboxylic acids is 4. The van der Waals surface area contributed by atoms with Crippen LogP contribution in [0.2, 0.25) is 0 Å². The van der Waals surface area contributed by atoms with Crippen molar-refractivity contribution in [1.29, 1.82) is 0 Å². The molecule has 1 aromatic rings. The minimum atomic E-state index is -0.395. The second-order valence-corrected chi connectivity index (χ2v) is 7.55. The maximum atomic E-state index is 12.3. The van der Waals surface area contributed by atoms with Crippen LogP contribution in [0.1, 0.15) is 19.8 Å². The predicted molar refractivity (Wildman–Crippen MR) is 110 cm³/mol. The van der Waals surface area contributed by atoms with Crippen molar-refractivity contribution in [3.8, 4) is 0 Å². The quantitative estimate of drug-likeness (QED) is 0.743. The number of nitrogens with zero attached hydrogens (tertiary/aromatic N) is 3. The third kappa shape index (κ3) is 5.71. The number of rotatable bonds is 4. The fourth-order valence-electron chi connectivity index (χ4n) is 3.66. The number of piperidine rings is 1. The lowest BCUT2D eigenvalue weighted by Crippen LogP contribution is -2.51. The van der Waals surface area contributed by atoms with Crippen LogP contribution in [0.25, 0.3) is 0 Å². The summed E-state index contributed by atoms with van der Waals surface area (Å²) in [5.41, 5.74) is 0.728. The molecule has 2 fully saturated rings. The molecule has 162 valence electrons. The Bertz CT molecular complexity index is 769. The van der Waals surface area contributed by atoms with Crippen LogP contribution in [0.4, 0.5) is 10.5 Å². The van der Waals surface area contributed by atoms with E-state index < -0.39 is 5.97 Å². The lowest BCUT2D eigenvalue weighted by molar-refractivity contribution is -0.157. The zero-order valence-electron chi connectivity index (χ0n) is 17.2. The van der Waals surface area contributed by atoms with Gasteiger partial charge in [-0.3, -0.25) is 14.4 Å². The van der Waals surface area contributed by atoms with Gasteiger partial charge in [0.2, 0.25) is 5.91 Å². The lowest BCUT2D eigenvalue weighted by atomic mass is 9.97. The molecule has 9 heteroatoms. The lowest BCUT2D eigenvalue weighted by Gasteiger charge is -2.34. The van der Waals surface area contributed by atoms with Crippen LogP contribution in [0.15, 0.2) is 30.3 Å². The zero-order valence-corrected chi connectivity index (χ0v) is 17.2. The molecule has 0 saturated carbocycles. The second kappa shape index (κ2) is 10.1. The first-order chi connectivity index (χ1) is 14.4. The molecule has 0 radical (unpaired) electrons. The number of ether oxygens (including phenoxy) is 1. The highest BCUT2D eigenvalue weighted by Crippen LogP contribution is 2.20. The largest absolute Gasteiger partial charge is 0.455 e. The molecule has 2 saturated heterocycles. The van der Waals surface area contributed by atoms with E-state index in [0.29, 0.717) is 52.1 Å². The van der Waals surface area contributed by atoms with Crippen molar-refractivity contribution in [2.75, 3.05) is 51.2 Å². The van der Waals surface area contributed by atoms with Gasteiger partial charge >= 0.3 is 12.0 Å². The Morgan fingerprint density at radius 1 is 0.900 bits per heavy atom. The Hall–Kier alpha value is -3.10. The zero-order chi connectivity index (χ0) is 21.5. The molecule has 2 aliphatic heterocycles. The number of carbonyl (C=O) groups is 4. The number of hydrogen-bond acceptors (Lipinski definition) is 5. The van der Waals surface area contributed by atoms with Gasteiger partial charge in [-0.25, -0.2) is 4.79 Å². The second-order valence-electron chi connectivity index (χ2n) is 7.55. The molecule has 9 nitrogen and oxygen atoms in total. The first-order valence-corrected chi connectivity index (χ1v) is 10.2. The van der Waals surface area contributed by atoms with Crippen LogP contribution in [-0.4, -0.2) is 84.4 Å². The number of urea groups is 1. The maximum absolute atomic E-state index is 12.3. The number of para-hydroxylation sites is 1. The first kappa shape index (κ1) is 21.6. The van der Waals surface area contributed by atoms with Gasteiger partial charge in [-0.05, 0) is 25.0 Å². The minimum Gasteiger partial charge on any atom is -0.455 e. The number of benzene rings is 1.